The van der Waals surface area contributed by atoms with Crippen LogP contribution in [0.2, 0.25) is 0 Å². The Bertz CT molecular complexity index is 733. The lowest BCUT2D eigenvalue weighted by Gasteiger charge is -2.09. The average molecular weight is 285 g/mol. The van der Waals surface area contributed by atoms with Gasteiger partial charge >= 0.3 is 0 Å². The third-order valence-corrected chi connectivity index (χ3v) is 3.98. The second-order valence-electron chi connectivity index (χ2n) is 4.97. The van der Waals surface area contributed by atoms with Gasteiger partial charge in [-0.3, -0.25) is 4.98 Å². The van der Waals surface area contributed by atoms with Crippen molar-refractivity contribution in [2.45, 2.75) is 32.7 Å². The van der Waals surface area contributed by atoms with Crippen LogP contribution in [0.4, 0.5) is 0 Å². The van der Waals surface area contributed by atoms with Crippen LogP contribution in [0, 0.1) is 0 Å². The Kier molecular flexibility index (Phi) is 3.92. The number of hydrogen-bond acceptors (Lipinski definition) is 3. The first-order valence-corrected chi connectivity index (χ1v) is 7.82. The van der Waals surface area contributed by atoms with Crippen LogP contribution in [0.15, 0.2) is 30.5 Å². The van der Waals surface area contributed by atoms with Crippen molar-refractivity contribution in [2.75, 3.05) is 5.75 Å². The average Bonchev–Trinajstić information content (AvgIpc) is 2.86. The van der Waals surface area contributed by atoms with Crippen molar-refractivity contribution >= 4 is 34.6 Å². The molecular weight excluding hydrogens is 266 g/mol. The summed E-state index contributed by atoms with van der Waals surface area (Å²) in [5, 5.41) is 1.20. The lowest BCUT2D eigenvalue weighted by Crippen LogP contribution is -2.03. The van der Waals surface area contributed by atoms with Crippen molar-refractivity contribution in [3.05, 3.63) is 36.3 Å². The van der Waals surface area contributed by atoms with Crippen LogP contribution in [0.1, 0.15) is 25.6 Å². The van der Waals surface area contributed by atoms with Gasteiger partial charge in [0, 0.05) is 18.4 Å². The van der Waals surface area contributed by atoms with Gasteiger partial charge in [0.2, 0.25) is 0 Å². The van der Waals surface area contributed by atoms with Gasteiger partial charge in [0.05, 0.1) is 17.2 Å². The first-order chi connectivity index (χ1) is 9.85. The fourth-order valence-corrected chi connectivity index (χ4v) is 2.93. The van der Waals surface area contributed by atoms with E-state index in [-0.39, 0.29) is 0 Å². The number of benzene rings is 1. The third-order valence-electron chi connectivity index (χ3n) is 3.66. The highest BCUT2D eigenvalue weighted by Crippen LogP contribution is 2.25. The molecule has 0 bridgehead atoms. The zero-order valence-corrected chi connectivity index (χ0v) is 12.6. The van der Waals surface area contributed by atoms with E-state index in [0.29, 0.717) is 0 Å². The smallest absolute Gasteiger partial charge is 0.109 e. The molecule has 3 nitrogen and oxygen atoms in total. The highest BCUT2D eigenvalue weighted by Gasteiger charge is 2.12. The van der Waals surface area contributed by atoms with Gasteiger partial charge in [-0.25, -0.2) is 4.98 Å². The van der Waals surface area contributed by atoms with E-state index in [2.05, 4.69) is 47.3 Å². The summed E-state index contributed by atoms with van der Waals surface area (Å²) in [6.45, 7) is 3.17. The monoisotopic (exact) mass is 285 g/mol. The SMILES string of the molecule is CCc1nc2cnc3ccccc3c2n1CCCCS. The molecule has 0 N–H and O–H groups in total. The van der Waals surface area contributed by atoms with Crippen LogP contribution < -0.4 is 0 Å². The van der Waals surface area contributed by atoms with Gasteiger partial charge in [-0.15, -0.1) is 0 Å². The van der Waals surface area contributed by atoms with E-state index in [0.717, 1.165) is 48.4 Å². The van der Waals surface area contributed by atoms with Crippen molar-refractivity contribution in [3.8, 4) is 0 Å². The molecule has 4 heteroatoms. The summed E-state index contributed by atoms with van der Waals surface area (Å²) in [7, 11) is 0. The van der Waals surface area contributed by atoms with Crippen LogP contribution in [-0.4, -0.2) is 20.3 Å². The number of hydrogen-bond donors (Lipinski definition) is 1. The van der Waals surface area contributed by atoms with Gasteiger partial charge in [-0.2, -0.15) is 12.6 Å². The largest absolute Gasteiger partial charge is 0.327 e. The predicted molar refractivity (Wildman–Crippen MR) is 87.5 cm³/mol. The number of fused-ring (bicyclic) bond motifs is 3. The molecule has 1 aromatic carbocycles. The molecular formula is C16H19N3S. The number of aryl methyl sites for hydroxylation is 2. The number of pyridine rings is 1. The van der Waals surface area contributed by atoms with E-state index >= 15 is 0 Å². The first kappa shape index (κ1) is 13.4. The molecule has 0 saturated heterocycles. The fourth-order valence-electron chi connectivity index (χ4n) is 2.70. The van der Waals surface area contributed by atoms with Gasteiger partial charge < -0.3 is 4.57 Å². The second-order valence-corrected chi connectivity index (χ2v) is 5.42. The number of unbranched alkanes of at least 4 members (excludes halogenated alkanes) is 1. The molecule has 0 radical (unpaired) electrons. The maximum absolute atomic E-state index is 4.74. The fraction of sp³-hybridized carbons (Fsp3) is 0.375. The highest BCUT2D eigenvalue weighted by molar-refractivity contribution is 7.80. The standard InChI is InChI=1S/C16H19N3S/c1-2-15-18-14-11-17-13-8-4-3-7-12(13)16(14)19(15)9-5-6-10-20/h3-4,7-8,11,20H,2,5-6,9-10H2,1H3. The molecule has 0 aliphatic heterocycles. The minimum atomic E-state index is 0.941. The highest BCUT2D eigenvalue weighted by atomic mass is 32.1. The Morgan fingerprint density at radius 1 is 1.15 bits per heavy atom. The van der Waals surface area contributed by atoms with Gasteiger partial charge in [0.25, 0.3) is 0 Å². The summed E-state index contributed by atoms with van der Waals surface area (Å²) in [5.74, 6) is 2.09. The van der Waals surface area contributed by atoms with Crippen LogP contribution in [0.3, 0.4) is 0 Å². The second kappa shape index (κ2) is 5.83. The molecule has 0 spiro atoms. The molecule has 2 aromatic heterocycles. The summed E-state index contributed by atoms with van der Waals surface area (Å²) in [6, 6.07) is 8.30. The quantitative estimate of drug-likeness (QED) is 0.570. The van der Waals surface area contributed by atoms with Crippen molar-refractivity contribution in [1.29, 1.82) is 0 Å². The Balaban J connectivity index is 2.20. The predicted octanol–water partition coefficient (Wildman–Crippen LogP) is 3.86. The summed E-state index contributed by atoms with van der Waals surface area (Å²) in [6.07, 6.45) is 5.11. The maximum atomic E-state index is 4.74. The molecule has 20 heavy (non-hydrogen) atoms. The molecule has 0 unspecified atom stereocenters. The van der Waals surface area contributed by atoms with E-state index in [1.807, 2.05) is 12.3 Å². The summed E-state index contributed by atoms with van der Waals surface area (Å²) < 4.78 is 2.36. The Labute approximate surface area is 124 Å². The lowest BCUT2D eigenvalue weighted by atomic mass is 10.2. The van der Waals surface area contributed by atoms with Crippen LogP contribution >= 0.6 is 12.6 Å². The molecule has 2 heterocycles. The topological polar surface area (TPSA) is 30.7 Å². The zero-order chi connectivity index (χ0) is 13.9. The van der Waals surface area contributed by atoms with Crippen LogP contribution in [0.5, 0.6) is 0 Å². The Morgan fingerprint density at radius 2 is 2.00 bits per heavy atom. The van der Waals surface area contributed by atoms with Crippen molar-refractivity contribution in [2.24, 2.45) is 0 Å². The van der Waals surface area contributed by atoms with Gasteiger partial charge in [0.1, 0.15) is 11.3 Å². The first-order valence-electron chi connectivity index (χ1n) is 7.19. The van der Waals surface area contributed by atoms with E-state index in [4.69, 9.17) is 4.98 Å². The van der Waals surface area contributed by atoms with E-state index in [1.165, 1.54) is 10.9 Å². The molecule has 104 valence electrons. The Hall–Kier alpha value is -1.55. The van der Waals surface area contributed by atoms with Gasteiger partial charge in [0.15, 0.2) is 0 Å². The van der Waals surface area contributed by atoms with Crippen molar-refractivity contribution < 1.29 is 0 Å². The van der Waals surface area contributed by atoms with E-state index in [9.17, 15) is 0 Å². The molecule has 3 aromatic rings. The van der Waals surface area contributed by atoms with Crippen molar-refractivity contribution in [3.63, 3.8) is 0 Å². The van der Waals surface area contributed by atoms with E-state index in [1.54, 1.807) is 0 Å². The minimum absolute atomic E-state index is 0.941. The van der Waals surface area contributed by atoms with Crippen LogP contribution in [-0.2, 0) is 13.0 Å². The maximum Gasteiger partial charge on any atom is 0.109 e. The zero-order valence-electron chi connectivity index (χ0n) is 11.7. The molecule has 0 saturated carbocycles. The van der Waals surface area contributed by atoms with E-state index < -0.39 is 0 Å². The summed E-state index contributed by atoms with van der Waals surface area (Å²) in [4.78, 5) is 9.25. The molecule has 0 atom stereocenters. The Morgan fingerprint density at radius 3 is 2.80 bits per heavy atom. The van der Waals surface area contributed by atoms with Crippen molar-refractivity contribution in [1.82, 2.24) is 14.5 Å². The summed E-state index contributed by atoms with van der Waals surface area (Å²) >= 11 is 4.30. The number of nitrogens with zero attached hydrogens (tertiary/aromatic N) is 3. The number of para-hydroxylation sites is 1. The summed E-state index contributed by atoms with van der Waals surface area (Å²) in [5.41, 5.74) is 3.27. The number of rotatable bonds is 5. The minimum Gasteiger partial charge on any atom is -0.327 e. The molecule has 0 aliphatic carbocycles. The number of aromatic nitrogens is 3. The molecule has 0 amide bonds. The number of imidazole rings is 1. The van der Waals surface area contributed by atoms with Crippen LogP contribution in [0.25, 0.3) is 21.9 Å². The van der Waals surface area contributed by atoms with Gasteiger partial charge in [-0.05, 0) is 24.7 Å². The molecule has 0 aliphatic rings. The lowest BCUT2D eigenvalue weighted by molar-refractivity contribution is 0.624. The molecule has 0 fully saturated rings. The molecule has 3 rings (SSSR count). The number of thiol groups is 1. The van der Waals surface area contributed by atoms with Gasteiger partial charge in [-0.1, -0.05) is 25.1 Å². The third kappa shape index (κ3) is 2.29. The normalized spacial score (nSPS) is 11.5.